The Hall–Kier alpha value is -2.51. The molecule has 0 bridgehead atoms. The molecule has 0 saturated heterocycles. The lowest BCUT2D eigenvalue weighted by atomic mass is 10.2. The number of rotatable bonds is 49. The molecule has 0 fully saturated rings. The van der Waals surface area contributed by atoms with Crippen molar-refractivity contribution in [2.24, 2.45) is 5.73 Å². The first-order chi connectivity index (χ1) is 32.3. The summed E-state index contributed by atoms with van der Waals surface area (Å²) >= 11 is 0. The number of carbonyl (C=O) groups is 3. The number of nitrogens with one attached hydrogen (secondary N) is 2. The smallest absolute Gasteiger partial charge is 0.407 e. The van der Waals surface area contributed by atoms with Gasteiger partial charge in [-0.25, -0.2) is 9.59 Å². The molecule has 0 spiro atoms. The minimum Gasteiger partial charge on any atom is -0.444 e. The highest BCUT2D eigenvalue weighted by Gasteiger charge is 2.17. The van der Waals surface area contributed by atoms with Crippen molar-refractivity contribution >= 4 is 18.1 Å². The van der Waals surface area contributed by atoms with Crippen LogP contribution in [0.2, 0.25) is 0 Å². The summed E-state index contributed by atoms with van der Waals surface area (Å²) in [7, 11) is 0. The minimum absolute atomic E-state index is 0.0548. The van der Waals surface area contributed by atoms with Gasteiger partial charge in [-0.05, 0) is 73.6 Å². The number of nitrogens with zero attached hydrogens (tertiary/aromatic N) is 1. The minimum atomic E-state index is -0.551. The van der Waals surface area contributed by atoms with E-state index in [1.807, 2.05) is 0 Å². The van der Waals surface area contributed by atoms with Gasteiger partial charge in [-0.3, -0.25) is 4.79 Å². The molecule has 4 N–H and O–H groups in total. The Kier molecular flexibility index (Phi) is 45.4. The van der Waals surface area contributed by atoms with Gasteiger partial charge in [0, 0.05) is 98.8 Å². The van der Waals surface area contributed by atoms with Gasteiger partial charge in [-0.2, -0.15) is 0 Å². The zero-order valence-corrected chi connectivity index (χ0v) is 42.2. The molecule has 0 aliphatic rings. The lowest BCUT2D eigenvalue weighted by Gasteiger charge is -2.23. The van der Waals surface area contributed by atoms with Crippen LogP contribution in [0.25, 0.3) is 0 Å². The normalized spacial score (nSPS) is 11.8. The zero-order valence-electron chi connectivity index (χ0n) is 42.2. The van der Waals surface area contributed by atoms with E-state index in [0.29, 0.717) is 191 Å². The van der Waals surface area contributed by atoms with Crippen molar-refractivity contribution in [2.45, 2.75) is 91.3 Å². The molecule has 398 valence electrons. The standard InChI is InChI=1S/C46H92N4O17/c1-45(2,3)66-43(52)48-14-30-60-34-38-64-40-36-62-32-16-50(17-33-63-37-41-65-39-35-61-31-15-49-44(53)67-46(4,5)6)42(51)12-28-58-26-10-24-56-22-8-20-54-18-7-19-55-21-9-23-57-25-11-27-59-29-13-47/h7-41,47H2,1-6H3,(H,48,52)(H,49,53). The summed E-state index contributed by atoms with van der Waals surface area (Å²) < 4.78 is 77.5. The molecular weight excluding hydrogens is 881 g/mol. The first-order valence-corrected chi connectivity index (χ1v) is 24.2. The highest BCUT2D eigenvalue weighted by Crippen LogP contribution is 2.07. The molecule has 0 rings (SSSR count). The molecular formula is C46H92N4O17. The van der Waals surface area contributed by atoms with Crippen molar-refractivity contribution in [3.63, 3.8) is 0 Å². The molecule has 0 aromatic heterocycles. The maximum absolute atomic E-state index is 13.1. The van der Waals surface area contributed by atoms with Crippen LogP contribution in [0.5, 0.6) is 0 Å². The maximum atomic E-state index is 13.1. The number of ether oxygens (including phenoxy) is 14. The van der Waals surface area contributed by atoms with Crippen LogP contribution < -0.4 is 16.4 Å². The van der Waals surface area contributed by atoms with E-state index in [-0.39, 0.29) is 12.3 Å². The third-order valence-electron chi connectivity index (χ3n) is 8.29. The summed E-state index contributed by atoms with van der Waals surface area (Å²) in [4.78, 5) is 38.2. The lowest BCUT2D eigenvalue weighted by Crippen LogP contribution is -2.37. The summed E-state index contributed by atoms with van der Waals surface area (Å²) in [6.07, 6.45) is 3.40. The largest absolute Gasteiger partial charge is 0.444 e. The molecule has 0 aromatic carbocycles. The fraction of sp³-hybridized carbons (Fsp3) is 0.935. The molecule has 0 unspecified atom stereocenters. The van der Waals surface area contributed by atoms with E-state index >= 15 is 0 Å². The van der Waals surface area contributed by atoms with Crippen LogP contribution in [0.4, 0.5) is 9.59 Å². The molecule has 3 amide bonds. The van der Waals surface area contributed by atoms with Gasteiger partial charge in [0.1, 0.15) is 11.2 Å². The molecule has 21 nitrogen and oxygen atoms in total. The van der Waals surface area contributed by atoms with E-state index in [1.165, 1.54) is 0 Å². The Balaban J connectivity index is 4.13. The van der Waals surface area contributed by atoms with E-state index < -0.39 is 23.4 Å². The number of hydrogen-bond acceptors (Lipinski definition) is 18. The molecule has 0 aliphatic heterocycles. The van der Waals surface area contributed by atoms with Gasteiger partial charge in [0.2, 0.25) is 5.91 Å². The van der Waals surface area contributed by atoms with Crippen molar-refractivity contribution in [1.29, 1.82) is 0 Å². The van der Waals surface area contributed by atoms with Gasteiger partial charge >= 0.3 is 12.2 Å². The van der Waals surface area contributed by atoms with Crippen LogP contribution in [0, 0.1) is 0 Å². The Morgan fingerprint density at radius 1 is 0.373 bits per heavy atom. The molecule has 0 aliphatic carbocycles. The third kappa shape index (κ3) is 52.7. The average Bonchev–Trinajstić information content (AvgIpc) is 3.26. The van der Waals surface area contributed by atoms with Crippen molar-refractivity contribution < 1.29 is 80.7 Å². The van der Waals surface area contributed by atoms with E-state index in [4.69, 9.17) is 72.0 Å². The van der Waals surface area contributed by atoms with E-state index in [0.717, 1.165) is 32.1 Å². The van der Waals surface area contributed by atoms with Crippen molar-refractivity contribution in [1.82, 2.24) is 15.5 Å². The Labute approximate surface area is 401 Å². The van der Waals surface area contributed by atoms with Crippen LogP contribution in [0.15, 0.2) is 0 Å². The lowest BCUT2D eigenvalue weighted by molar-refractivity contribution is -0.134. The SMILES string of the molecule is CC(C)(C)OC(=O)NCCOCCOCCOCCN(CCOCCOCCOCCNC(=O)OC(C)(C)C)C(=O)CCOCCCOCCCOCCCOCCCOCCCOCCN. The van der Waals surface area contributed by atoms with Gasteiger partial charge in [0.15, 0.2) is 0 Å². The maximum Gasteiger partial charge on any atom is 0.407 e. The van der Waals surface area contributed by atoms with E-state index in [2.05, 4.69) is 10.6 Å². The second-order valence-electron chi connectivity index (χ2n) is 16.9. The Morgan fingerprint density at radius 2 is 0.642 bits per heavy atom. The quantitative estimate of drug-likeness (QED) is 0.0742. The fourth-order valence-electron chi connectivity index (χ4n) is 5.20. The fourth-order valence-corrected chi connectivity index (χ4v) is 5.20. The second-order valence-corrected chi connectivity index (χ2v) is 16.9. The van der Waals surface area contributed by atoms with Gasteiger partial charge in [0.25, 0.3) is 0 Å². The van der Waals surface area contributed by atoms with Crippen molar-refractivity contribution in [3.05, 3.63) is 0 Å². The molecule has 0 heterocycles. The predicted molar refractivity (Wildman–Crippen MR) is 252 cm³/mol. The first kappa shape index (κ1) is 64.5. The van der Waals surface area contributed by atoms with Gasteiger partial charge in [-0.15, -0.1) is 0 Å². The van der Waals surface area contributed by atoms with Gasteiger partial charge in [-0.1, -0.05) is 0 Å². The zero-order chi connectivity index (χ0) is 49.4. The van der Waals surface area contributed by atoms with E-state index in [9.17, 15) is 14.4 Å². The summed E-state index contributed by atoms with van der Waals surface area (Å²) in [5.74, 6) is -0.0548. The molecule has 0 radical (unpaired) electrons. The van der Waals surface area contributed by atoms with Crippen LogP contribution in [0.1, 0.15) is 80.1 Å². The Morgan fingerprint density at radius 3 is 0.955 bits per heavy atom. The number of amides is 3. The third-order valence-corrected chi connectivity index (χ3v) is 8.29. The van der Waals surface area contributed by atoms with Crippen LogP contribution in [-0.2, 0) is 71.1 Å². The summed E-state index contributed by atoms with van der Waals surface area (Å²) in [6, 6.07) is 0. The van der Waals surface area contributed by atoms with Crippen molar-refractivity contribution in [3.8, 4) is 0 Å². The number of hydrogen-bond donors (Lipinski definition) is 3. The molecule has 0 saturated carbocycles. The summed E-state index contributed by atoms with van der Waals surface area (Å²) in [5.41, 5.74) is 4.28. The topological polar surface area (TPSA) is 234 Å². The molecule has 21 heteroatoms. The second kappa shape index (κ2) is 47.2. The average molecular weight is 973 g/mol. The van der Waals surface area contributed by atoms with E-state index in [1.54, 1.807) is 46.4 Å². The molecule has 0 aromatic rings. The van der Waals surface area contributed by atoms with Crippen LogP contribution in [0.3, 0.4) is 0 Å². The molecule has 0 atom stereocenters. The van der Waals surface area contributed by atoms with Gasteiger partial charge in [0.05, 0.1) is 98.9 Å². The molecule has 67 heavy (non-hydrogen) atoms. The van der Waals surface area contributed by atoms with Crippen LogP contribution >= 0.6 is 0 Å². The highest BCUT2D eigenvalue weighted by atomic mass is 16.6. The monoisotopic (exact) mass is 973 g/mol. The van der Waals surface area contributed by atoms with Crippen LogP contribution in [-0.4, -0.2) is 225 Å². The highest BCUT2D eigenvalue weighted by molar-refractivity contribution is 5.76. The summed E-state index contributed by atoms with van der Waals surface area (Å²) in [5, 5.41) is 5.27. The first-order valence-electron chi connectivity index (χ1n) is 24.2. The number of alkyl carbamates (subject to hydrolysis) is 2. The van der Waals surface area contributed by atoms with Crippen molar-refractivity contribution in [2.75, 3.05) is 191 Å². The van der Waals surface area contributed by atoms with Gasteiger partial charge < -0.3 is 87.6 Å². The predicted octanol–water partition coefficient (Wildman–Crippen LogP) is 3.36. The number of carbonyl (C=O) groups excluding carboxylic acids is 3. The Bertz CT molecular complexity index is 1070. The summed E-state index contributed by atoms with van der Waals surface area (Å²) in [6.45, 7) is 24.4. The number of nitrogens with two attached hydrogens (primary N) is 1.